The molecule has 0 unspecified atom stereocenters. The van der Waals surface area contributed by atoms with E-state index in [4.69, 9.17) is 4.74 Å². The smallest absolute Gasteiger partial charge is 0.329 e. The van der Waals surface area contributed by atoms with Gasteiger partial charge in [-0.15, -0.1) is 0 Å². The summed E-state index contributed by atoms with van der Waals surface area (Å²) in [5.74, 6) is -1.08. The van der Waals surface area contributed by atoms with Gasteiger partial charge in [0.2, 0.25) is 5.91 Å². The van der Waals surface area contributed by atoms with Crippen molar-refractivity contribution in [3.63, 3.8) is 0 Å². The summed E-state index contributed by atoms with van der Waals surface area (Å²) in [7, 11) is 0. The van der Waals surface area contributed by atoms with Crippen molar-refractivity contribution in [1.29, 1.82) is 0 Å². The van der Waals surface area contributed by atoms with Gasteiger partial charge in [-0.25, -0.2) is 4.79 Å². The highest BCUT2D eigenvalue weighted by molar-refractivity contribution is 5.87. The molecule has 2 amide bonds. The van der Waals surface area contributed by atoms with E-state index in [-0.39, 0.29) is 42.7 Å². The second-order valence-electron chi connectivity index (χ2n) is 7.16. The number of nitrogens with one attached hydrogen (secondary N) is 2. The Labute approximate surface area is 155 Å². The topological polar surface area (TPSA) is 84.5 Å². The van der Waals surface area contributed by atoms with Crippen LogP contribution < -0.4 is 10.6 Å². The zero-order valence-electron chi connectivity index (χ0n) is 16.2. The minimum Gasteiger partial charge on any atom is -0.454 e. The fourth-order valence-corrected chi connectivity index (χ4v) is 2.19. The van der Waals surface area contributed by atoms with Gasteiger partial charge in [0.25, 0.3) is 5.91 Å². The Morgan fingerprint density at radius 2 is 1.50 bits per heavy atom. The Morgan fingerprint density at radius 3 is 2.04 bits per heavy atom. The van der Waals surface area contributed by atoms with Crippen molar-refractivity contribution in [3.8, 4) is 0 Å². The maximum absolute atomic E-state index is 12.3. The van der Waals surface area contributed by atoms with Crippen LogP contribution in [0.4, 0.5) is 0 Å². The van der Waals surface area contributed by atoms with Crippen LogP contribution in [0.1, 0.15) is 40.2 Å². The largest absolute Gasteiger partial charge is 0.454 e. The molecule has 6 nitrogen and oxygen atoms in total. The van der Waals surface area contributed by atoms with Gasteiger partial charge in [-0.05, 0) is 24.3 Å². The molecule has 0 saturated carbocycles. The molecule has 2 N–H and O–H groups in total. The second-order valence-corrected chi connectivity index (χ2v) is 7.16. The zero-order chi connectivity index (χ0) is 19.7. The lowest BCUT2D eigenvalue weighted by Crippen LogP contribution is -2.47. The lowest BCUT2D eigenvalue weighted by Gasteiger charge is -2.21. The van der Waals surface area contributed by atoms with Gasteiger partial charge in [0.1, 0.15) is 6.04 Å². The van der Waals surface area contributed by atoms with E-state index in [0.29, 0.717) is 0 Å². The van der Waals surface area contributed by atoms with Gasteiger partial charge in [-0.2, -0.15) is 0 Å². The van der Waals surface area contributed by atoms with Crippen LogP contribution in [-0.4, -0.2) is 36.5 Å². The summed E-state index contributed by atoms with van der Waals surface area (Å²) in [4.78, 5) is 36.3. The molecular formula is C20H30N2O4. The van der Waals surface area contributed by atoms with Crippen LogP contribution in [0.15, 0.2) is 30.3 Å². The lowest BCUT2D eigenvalue weighted by atomic mass is 10.0. The summed E-state index contributed by atoms with van der Waals surface area (Å²) in [6.07, 6.45) is 0.184. The second kappa shape index (κ2) is 10.6. The molecule has 0 aliphatic carbocycles. The van der Waals surface area contributed by atoms with Gasteiger partial charge < -0.3 is 15.4 Å². The average molecular weight is 362 g/mol. The minimum atomic E-state index is -0.790. The number of ether oxygens (including phenoxy) is 1. The molecule has 6 heteroatoms. The minimum absolute atomic E-state index is 0.00678. The molecule has 0 aromatic heterocycles. The molecule has 0 radical (unpaired) electrons. The maximum Gasteiger partial charge on any atom is 0.329 e. The third kappa shape index (κ3) is 7.68. The molecule has 0 spiro atoms. The number of hydrogen-bond acceptors (Lipinski definition) is 4. The van der Waals surface area contributed by atoms with Gasteiger partial charge >= 0.3 is 5.97 Å². The van der Waals surface area contributed by atoms with Gasteiger partial charge in [-0.3, -0.25) is 9.59 Å². The Hall–Kier alpha value is -2.37. The van der Waals surface area contributed by atoms with Crippen molar-refractivity contribution in [1.82, 2.24) is 10.6 Å². The van der Waals surface area contributed by atoms with E-state index in [0.717, 1.165) is 5.56 Å². The molecule has 1 aromatic rings. The quantitative estimate of drug-likeness (QED) is 0.659. The van der Waals surface area contributed by atoms with Crippen molar-refractivity contribution in [2.45, 2.75) is 53.1 Å². The van der Waals surface area contributed by atoms with Crippen LogP contribution in [0.3, 0.4) is 0 Å². The molecule has 0 heterocycles. The van der Waals surface area contributed by atoms with Crippen molar-refractivity contribution in [2.75, 3.05) is 6.61 Å². The van der Waals surface area contributed by atoms with Crippen LogP contribution in [0.25, 0.3) is 0 Å². The Morgan fingerprint density at radius 1 is 0.885 bits per heavy atom. The van der Waals surface area contributed by atoms with E-state index in [1.165, 1.54) is 0 Å². The molecule has 0 aliphatic heterocycles. The molecule has 0 bridgehead atoms. The number of hydrogen-bond donors (Lipinski definition) is 2. The molecule has 2 atom stereocenters. The number of amides is 2. The molecule has 0 saturated heterocycles. The predicted octanol–water partition coefficient (Wildman–Crippen LogP) is 2.07. The maximum atomic E-state index is 12.3. The van der Waals surface area contributed by atoms with Gasteiger partial charge in [0.05, 0.1) is 6.42 Å². The summed E-state index contributed by atoms with van der Waals surface area (Å²) in [6, 6.07) is 8.49. The number of carbonyl (C=O) groups is 3. The van der Waals surface area contributed by atoms with E-state index in [1.54, 1.807) is 0 Å². The van der Waals surface area contributed by atoms with E-state index < -0.39 is 12.0 Å². The normalized spacial score (nSPS) is 13.2. The van der Waals surface area contributed by atoms with Gasteiger partial charge in [0.15, 0.2) is 6.61 Å². The highest BCUT2D eigenvalue weighted by atomic mass is 16.5. The van der Waals surface area contributed by atoms with Crippen LogP contribution in [0.5, 0.6) is 0 Å². The van der Waals surface area contributed by atoms with Crippen LogP contribution >= 0.6 is 0 Å². The monoisotopic (exact) mass is 362 g/mol. The predicted molar refractivity (Wildman–Crippen MR) is 100 cm³/mol. The average Bonchev–Trinajstić information content (AvgIpc) is 2.58. The van der Waals surface area contributed by atoms with E-state index in [9.17, 15) is 14.4 Å². The number of carbonyl (C=O) groups excluding carboxylic acids is 3. The number of benzene rings is 1. The molecule has 1 rings (SSSR count). The fraction of sp³-hybridized carbons (Fsp3) is 0.550. The highest BCUT2D eigenvalue weighted by Gasteiger charge is 2.26. The summed E-state index contributed by atoms with van der Waals surface area (Å²) in [5.41, 5.74) is 0.864. The van der Waals surface area contributed by atoms with Gasteiger partial charge in [0, 0.05) is 6.04 Å². The first-order chi connectivity index (χ1) is 12.2. The number of rotatable bonds is 9. The summed E-state index contributed by atoms with van der Waals surface area (Å²) in [6.45, 7) is 9.16. The first kappa shape index (κ1) is 21.7. The summed E-state index contributed by atoms with van der Waals surface area (Å²) >= 11 is 0. The van der Waals surface area contributed by atoms with Gasteiger partial charge in [-0.1, -0.05) is 58.0 Å². The van der Waals surface area contributed by atoms with Crippen LogP contribution in [0.2, 0.25) is 0 Å². The Kier molecular flexibility index (Phi) is 8.82. The first-order valence-corrected chi connectivity index (χ1v) is 9.00. The standard InChI is InChI=1S/C20H30N2O4/c1-13(2)15(5)21-18(24)12-26-20(25)19(14(3)4)22-17(23)11-16-9-7-6-8-10-16/h6-10,13-15,19H,11-12H2,1-5H3,(H,21,24)(H,22,23)/t15-,19-/m0/s1. The molecule has 1 aromatic carbocycles. The molecule has 144 valence electrons. The molecule has 0 fully saturated rings. The van der Waals surface area contributed by atoms with Crippen LogP contribution in [-0.2, 0) is 25.5 Å². The Bertz CT molecular complexity index is 599. The first-order valence-electron chi connectivity index (χ1n) is 9.00. The third-order valence-electron chi connectivity index (χ3n) is 4.18. The number of esters is 1. The lowest BCUT2D eigenvalue weighted by molar-refractivity contribution is -0.153. The fourth-order valence-electron chi connectivity index (χ4n) is 2.19. The third-order valence-corrected chi connectivity index (χ3v) is 4.18. The summed E-state index contributed by atoms with van der Waals surface area (Å²) < 4.78 is 5.09. The van der Waals surface area contributed by atoms with E-state index in [1.807, 2.05) is 65.0 Å². The molecular weight excluding hydrogens is 332 g/mol. The van der Waals surface area contributed by atoms with Crippen molar-refractivity contribution < 1.29 is 19.1 Å². The van der Waals surface area contributed by atoms with Crippen molar-refractivity contribution in [2.24, 2.45) is 11.8 Å². The molecule has 0 aliphatic rings. The van der Waals surface area contributed by atoms with E-state index >= 15 is 0 Å². The molecule has 26 heavy (non-hydrogen) atoms. The summed E-state index contributed by atoms with van der Waals surface area (Å²) in [5, 5.41) is 5.48. The van der Waals surface area contributed by atoms with Crippen LogP contribution in [0, 0.1) is 11.8 Å². The highest BCUT2D eigenvalue weighted by Crippen LogP contribution is 2.06. The zero-order valence-corrected chi connectivity index (χ0v) is 16.2. The van der Waals surface area contributed by atoms with Crippen molar-refractivity contribution >= 4 is 17.8 Å². The van der Waals surface area contributed by atoms with Crippen molar-refractivity contribution in [3.05, 3.63) is 35.9 Å². The Balaban J connectivity index is 2.53. The SMILES string of the molecule is CC(C)[C@H](C)NC(=O)COC(=O)[C@@H](NC(=O)Cc1ccccc1)C(C)C. The van der Waals surface area contributed by atoms with E-state index in [2.05, 4.69) is 10.6 Å².